The first-order valence-electron chi connectivity index (χ1n) is 9.50. The van der Waals surface area contributed by atoms with E-state index >= 15 is 0 Å². The molecule has 0 fully saturated rings. The van der Waals surface area contributed by atoms with E-state index in [9.17, 15) is 4.79 Å². The van der Waals surface area contributed by atoms with E-state index in [0.29, 0.717) is 17.0 Å². The molecule has 30 heavy (non-hydrogen) atoms. The van der Waals surface area contributed by atoms with Crippen molar-refractivity contribution in [2.75, 3.05) is 5.32 Å². The SMILES string of the molecule is Cc1ccc(-n2nc3ccc(NC(=O)C(C)(C)Oc4ccc(Br)cc4)cc3n2)cc1. The van der Waals surface area contributed by atoms with Crippen LogP contribution in [-0.4, -0.2) is 26.5 Å². The minimum absolute atomic E-state index is 0.254. The quantitative estimate of drug-likeness (QED) is 0.435. The van der Waals surface area contributed by atoms with Gasteiger partial charge >= 0.3 is 0 Å². The fourth-order valence-corrected chi connectivity index (χ4v) is 3.18. The number of fused-ring (bicyclic) bond motifs is 1. The minimum atomic E-state index is -1.05. The maximum absolute atomic E-state index is 12.8. The summed E-state index contributed by atoms with van der Waals surface area (Å²) in [5.41, 5.74) is 3.08. The summed E-state index contributed by atoms with van der Waals surface area (Å²) in [5.74, 6) is 0.366. The third-order valence-corrected chi connectivity index (χ3v) is 5.17. The number of benzene rings is 3. The number of amides is 1. The molecule has 0 radical (unpaired) electrons. The van der Waals surface area contributed by atoms with Crippen LogP contribution in [0.5, 0.6) is 5.75 Å². The summed E-state index contributed by atoms with van der Waals surface area (Å²) in [4.78, 5) is 14.4. The Morgan fingerprint density at radius 3 is 2.33 bits per heavy atom. The lowest BCUT2D eigenvalue weighted by atomic mass is 10.1. The normalized spacial score (nSPS) is 11.5. The van der Waals surface area contributed by atoms with Gasteiger partial charge in [0.25, 0.3) is 5.91 Å². The molecule has 6 nitrogen and oxygen atoms in total. The van der Waals surface area contributed by atoms with Crippen molar-refractivity contribution < 1.29 is 9.53 Å². The molecule has 1 amide bonds. The summed E-state index contributed by atoms with van der Waals surface area (Å²) in [6.07, 6.45) is 0. The van der Waals surface area contributed by atoms with Gasteiger partial charge in [-0.15, -0.1) is 10.2 Å². The number of hydrogen-bond donors (Lipinski definition) is 1. The average Bonchev–Trinajstić information content (AvgIpc) is 3.13. The molecule has 0 aliphatic rings. The highest BCUT2D eigenvalue weighted by Gasteiger charge is 2.30. The number of nitrogens with one attached hydrogen (secondary N) is 1. The van der Waals surface area contributed by atoms with Crippen LogP contribution in [0.1, 0.15) is 19.4 Å². The predicted molar refractivity (Wildman–Crippen MR) is 121 cm³/mol. The van der Waals surface area contributed by atoms with E-state index in [1.54, 1.807) is 24.7 Å². The maximum Gasteiger partial charge on any atom is 0.267 e. The summed E-state index contributed by atoms with van der Waals surface area (Å²) in [6, 6.07) is 20.8. The zero-order chi connectivity index (χ0) is 21.3. The number of hydrogen-bond acceptors (Lipinski definition) is 4. The molecular weight excluding hydrogens is 444 g/mol. The molecule has 152 valence electrons. The van der Waals surface area contributed by atoms with Crippen molar-refractivity contribution in [3.8, 4) is 11.4 Å². The van der Waals surface area contributed by atoms with Gasteiger partial charge in [-0.3, -0.25) is 4.79 Å². The molecule has 0 bridgehead atoms. The molecule has 0 aliphatic heterocycles. The lowest BCUT2D eigenvalue weighted by Gasteiger charge is -2.25. The number of carbonyl (C=O) groups excluding carboxylic acids is 1. The number of ether oxygens (including phenoxy) is 1. The number of rotatable bonds is 5. The minimum Gasteiger partial charge on any atom is -0.478 e. The number of halogens is 1. The number of nitrogens with zero attached hydrogens (tertiary/aromatic N) is 3. The van der Waals surface area contributed by atoms with Gasteiger partial charge in [0.05, 0.1) is 5.69 Å². The van der Waals surface area contributed by atoms with Crippen LogP contribution in [-0.2, 0) is 4.79 Å². The average molecular weight is 465 g/mol. The first kappa shape index (κ1) is 20.1. The van der Waals surface area contributed by atoms with Crippen LogP contribution in [0, 0.1) is 6.92 Å². The molecular formula is C23H21BrN4O2. The van der Waals surface area contributed by atoms with Gasteiger partial charge in [-0.05, 0) is 75.4 Å². The standard InChI is InChI=1S/C23H21BrN4O2/c1-15-4-9-18(10-5-15)28-26-20-13-8-17(14-21(20)27-28)25-22(29)23(2,3)30-19-11-6-16(24)7-12-19/h4-14H,1-3H3,(H,25,29). The van der Waals surface area contributed by atoms with Crippen molar-refractivity contribution in [2.45, 2.75) is 26.4 Å². The molecule has 1 heterocycles. The summed E-state index contributed by atoms with van der Waals surface area (Å²) < 4.78 is 6.83. The number of carbonyl (C=O) groups is 1. The van der Waals surface area contributed by atoms with E-state index < -0.39 is 5.60 Å². The van der Waals surface area contributed by atoms with E-state index in [0.717, 1.165) is 15.7 Å². The summed E-state index contributed by atoms with van der Waals surface area (Å²) in [5, 5.41) is 12.0. The van der Waals surface area contributed by atoms with Crippen molar-refractivity contribution in [3.63, 3.8) is 0 Å². The van der Waals surface area contributed by atoms with Gasteiger partial charge in [0.1, 0.15) is 16.8 Å². The Balaban J connectivity index is 1.52. The Hall–Kier alpha value is -3.19. The van der Waals surface area contributed by atoms with Crippen LogP contribution in [0.25, 0.3) is 16.7 Å². The molecule has 7 heteroatoms. The zero-order valence-corrected chi connectivity index (χ0v) is 18.5. The van der Waals surface area contributed by atoms with Crippen molar-refractivity contribution in [2.24, 2.45) is 0 Å². The van der Waals surface area contributed by atoms with Crippen LogP contribution in [0.3, 0.4) is 0 Å². The highest BCUT2D eigenvalue weighted by atomic mass is 79.9. The highest BCUT2D eigenvalue weighted by molar-refractivity contribution is 9.10. The van der Waals surface area contributed by atoms with Crippen LogP contribution < -0.4 is 10.1 Å². The Bertz CT molecular complexity index is 1200. The molecule has 4 rings (SSSR count). The summed E-state index contributed by atoms with van der Waals surface area (Å²) in [7, 11) is 0. The number of aromatic nitrogens is 3. The maximum atomic E-state index is 12.8. The van der Waals surface area contributed by atoms with Gasteiger partial charge in [0.2, 0.25) is 0 Å². The Kier molecular flexibility index (Phi) is 5.30. The highest BCUT2D eigenvalue weighted by Crippen LogP contribution is 2.23. The summed E-state index contributed by atoms with van der Waals surface area (Å²) in [6.45, 7) is 5.50. The monoisotopic (exact) mass is 464 g/mol. The fraction of sp³-hybridized carbons (Fsp3) is 0.174. The zero-order valence-electron chi connectivity index (χ0n) is 16.9. The summed E-state index contributed by atoms with van der Waals surface area (Å²) >= 11 is 3.39. The molecule has 4 aromatic rings. The first-order valence-corrected chi connectivity index (χ1v) is 10.3. The topological polar surface area (TPSA) is 69.0 Å². The Morgan fingerprint density at radius 2 is 1.63 bits per heavy atom. The van der Waals surface area contributed by atoms with Crippen molar-refractivity contribution in [3.05, 3.63) is 76.8 Å². The van der Waals surface area contributed by atoms with Gasteiger partial charge < -0.3 is 10.1 Å². The Morgan fingerprint density at radius 1 is 0.967 bits per heavy atom. The molecule has 0 spiro atoms. The largest absolute Gasteiger partial charge is 0.478 e. The molecule has 0 atom stereocenters. The molecule has 0 saturated heterocycles. The van der Waals surface area contributed by atoms with Crippen molar-refractivity contribution >= 4 is 38.6 Å². The second-order valence-corrected chi connectivity index (χ2v) is 8.46. The van der Waals surface area contributed by atoms with E-state index in [2.05, 4.69) is 31.4 Å². The molecule has 0 unspecified atom stereocenters. The van der Waals surface area contributed by atoms with E-state index in [4.69, 9.17) is 4.74 Å². The van der Waals surface area contributed by atoms with E-state index in [-0.39, 0.29) is 5.91 Å². The molecule has 0 aliphatic carbocycles. The van der Waals surface area contributed by atoms with Gasteiger partial charge in [0.15, 0.2) is 5.60 Å². The molecule has 1 N–H and O–H groups in total. The van der Waals surface area contributed by atoms with Crippen LogP contribution >= 0.6 is 15.9 Å². The van der Waals surface area contributed by atoms with E-state index in [1.807, 2.05) is 67.6 Å². The third kappa shape index (κ3) is 4.36. The third-order valence-electron chi connectivity index (χ3n) is 4.64. The van der Waals surface area contributed by atoms with Crippen molar-refractivity contribution in [1.29, 1.82) is 0 Å². The lowest BCUT2D eigenvalue weighted by molar-refractivity contribution is -0.128. The molecule has 0 saturated carbocycles. The smallest absolute Gasteiger partial charge is 0.267 e. The number of anilines is 1. The van der Waals surface area contributed by atoms with Crippen LogP contribution in [0.4, 0.5) is 5.69 Å². The van der Waals surface area contributed by atoms with Gasteiger partial charge in [-0.2, -0.15) is 4.80 Å². The molecule has 1 aromatic heterocycles. The fourth-order valence-electron chi connectivity index (χ4n) is 2.91. The second kappa shape index (κ2) is 7.91. The van der Waals surface area contributed by atoms with Crippen molar-refractivity contribution in [1.82, 2.24) is 15.0 Å². The van der Waals surface area contributed by atoms with Gasteiger partial charge in [-0.1, -0.05) is 33.6 Å². The van der Waals surface area contributed by atoms with Crippen LogP contribution in [0.15, 0.2) is 71.2 Å². The predicted octanol–water partition coefficient (Wildman–Crippen LogP) is 5.29. The lowest BCUT2D eigenvalue weighted by Crippen LogP contribution is -2.42. The van der Waals surface area contributed by atoms with Gasteiger partial charge in [0, 0.05) is 10.2 Å². The first-order chi connectivity index (χ1) is 14.3. The Labute approximate surface area is 183 Å². The van der Waals surface area contributed by atoms with E-state index in [1.165, 1.54) is 5.56 Å². The molecule has 3 aromatic carbocycles. The number of aryl methyl sites for hydroxylation is 1. The van der Waals surface area contributed by atoms with Gasteiger partial charge in [-0.25, -0.2) is 0 Å². The second-order valence-electron chi connectivity index (χ2n) is 7.55. The van der Waals surface area contributed by atoms with Crippen LogP contribution in [0.2, 0.25) is 0 Å².